The second kappa shape index (κ2) is 11.7. The van der Waals surface area contributed by atoms with Gasteiger partial charge in [0.05, 0.1) is 31.7 Å². The number of hydrogen-bond donors (Lipinski definition) is 2. The third-order valence-electron chi connectivity index (χ3n) is 4.83. The molecule has 0 aromatic heterocycles. The Bertz CT molecular complexity index is 1010. The van der Waals surface area contributed by atoms with Crippen molar-refractivity contribution in [1.82, 2.24) is 5.06 Å². The van der Waals surface area contributed by atoms with E-state index < -0.39 is 29.6 Å². The van der Waals surface area contributed by atoms with Gasteiger partial charge in [0.2, 0.25) is 0 Å². The number of ether oxygens (including phenoxy) is 2. The smallest absolute Gasteiger partial charge is 0.508 e. The van der Waals surface area contributed by atoms with Crippen LogP contribution in [0.15, 0.2) is 30.3 Å². The molecule has 34 heavy (non-hydrogen) atoms. The van der Waals surface area contributed by atoms with E-state index in [1.807, 2.05) is 0 Å². The molecule has 2 rings (SSSR count). The predicted molar refractivity (Wildman–Crippen MR) is 115 cm³/mol. The standard InChI is InChI=1S/C23H26F3NO7/c1-4-16-17(12-20(30)27(33-5-2)10-11-32-3)21(19(29)13-18(16)28)22(31)14-6-8-15(9-7-14)34-23(24,25)26/h6-9,13,28-29H,4-5,10-12H2,1-3H3. The number of ketones is 1. The number of alkyl halides is 3. The molecule has 2 N–H and O–H groups in total. The van der Waals surface area contributed by atoms with Crippen LogP contribution in [-0.4, -0.2) is 60.2 Å². The van der Waals surface area contributed by atoms with Gasteiger partial charge in [-0.2, -0.15) is 0 Å². The molecule has 0 aliphatic rings. The maximum Gasteiger partial charge on any atom is 0.573 e. The number of carbonyl (C=O) groups is 2. The quantitative estimate of drug-likeness (QED) is 0.369. The van der Waals surface area contributed by atoms with E-state index in [0.717, 1.165) is 35.4 Å². The van der Waals surface area contributed by atoms with E-state index >= 15 is 0 Å². The number of phenols is 2. The number of amides is 1. The number of aromatic hydroxyl groups is 2. The molecule has 0 bridgehead atoms. The third-order valence-corrected chi connectivity index (χ3v) is 4.83. The molecule has 0 saturated carbocycles. The van der Waals surface area contributed by atoms with Gasteiger partial charge in [-0.15, -0.1) is 13.2 Å². The highest BCUT2D eigenvalue weighted by molar-refractivity contribution is 6.12. The molecular formula is C23H26F3NO7. The maximum atomic E-state index is 13.2. The second-order valence-corrected chi connectivity index (χ2v) is 7.08. The number of phenolic OH excluding ortho intramolecular Hbond substituents is 2. The monoisotopic (exact) mass is 485 g/mol. The van der Waals surface area contributed by atoms with Crippen LogP contribution in [0, 0.1) is 0 Å². The van der Waals surface area contributed by atoms with Crippen molar-refractivity contribution in [2.75, 3.05) is 26.9 Å². The third kappa shape index (κ3) is 6.84. The molecule has 0 heterocycles. The first kappa shape index (κ1) is 26.9. The van der Waals surface area contributed by atoms with Crippen LogP contribution in [0.25, 0.3) is 0 Å². The Hall–Kier alpha value is -3.31. The summed E-state index contributed by atoms with van der Waals surface area (Å²) in [5, 5.41) is 21.9. The molecule has 0 fully saturated rings. The molecule has 0 spiro atoms. The highest BCUT2D eigenvalue weighted by Crippen LogP contribution is 2.35. The summed E-state index contributed by atoms with van der Waals surface area (Å²) in [4.78, 5) is 31.5. The van der Waals surface area contributed by atoms with E-state index in [9.17, 15) is 33.0 Å². The number of benzene rings is 2. The van der Waals surface area contributed by atoms with Gasteiger partial charge < -0.3 is 19.7 Å². The van der Waals surface area contributed by atoms with Crippen molar-refractivity contribution in [3.63, 3.8) is 0 Å². The van der Waals surface area contributed by atoms with Gasteiger partial charge in [0.15, 0.2) is 5.78 Å². The molecule has 0 unspecified atom stereocenters. The van der Waals surface area contributed by atoms with Crippen LogP contribution in [0.5, 0.6) is 17.2 Å². The average Bonchev–Trinajstić information content (AvgIpc) is 2.75. The lowest BCUT2D eigenvalue weighted by Crippen LogP contribution is -2.35. The SMILES string of the molecule is CCON(CCOC)C(=O)Cc1c(CC)c(O)cc(O)c1C(=O)c1ccc(OC(F)(F)F)cc1. The Kier molecular flexibility index (Phi) is 9.28. The Labute approximate surface area is 194 Å². The van der Waals surface area contributed by atoms with Crippen LogP contribution in [0.4, 0.5) is 13.2 Å². The summed E-state index contributed by atoms with van der Waals surface area (Å²) in [6, 6.07) is 5.14. The summed E-state index contributed by atoms with van der Waals surface area (Å²) in [7, 11) is 1.46. The van der Waals surface area contributed by atoms with Crippen molar-refractivity contribution in [1.29, 1.82) is 0 Å². The molecule has 0 aliphatic heterocycles. The van der Waals surface area contributed by atoms with Crippen LogP contribution in [-0.2, 0) is 27.2 Å². The fourth-order valence-electron chi connectivity index (χ4n) is 3.37. The van der Waals surface area contributed by atoms with Gasteiger partial charge in [0.25, 0.3) is 5.91 Å². The lowest BCUT2D eigenvalue weighted by atomic mass is 9.90. The lowest BCUT2D eigenvalue weighted by Gasteiger charge is -2.23. The van der Waals surface area contributed by atoms with Crippen LogP contribution in [0.3, 0.4) is 0 Å². The maximum absolute atomic E-state index is 13.2. The minimum Gasteiger partial charge on any atom is -0.508 e. The first-order valence-corrected chi connectivity index (χ1v) is 10.4. The normalized spacial score (nSPS) is 11.4. The van der Waals surface area contributed by atoms with Gasteiger partial charge in [-0.05, 0) is 48.7 Å². The first-order valence-electron chi connectivity index (χ1n) is 10.4. The summed E-state index contributed by atoms with van der Waals surface area (Å²) in [6.07, 6.45) is -5.04. The van der Waals surface area contributed by atoms with Crippen LogP contribution in [0.2, 0.25) is 0 Å². The summed E-state index contributed by atoms with van der Waals surface area (Å²) < 4.78 is 46.0. The molecule has 0 saturated heterocycles. The molecule has 186 valence electrons. The molecule has 0 radical (unpaired) electrons. The molecular weight excluding hydrogens is 459 g/mol. The van der Waals surface area contributed by atoms with E-state index in [-0.39, 0.29) is 60.6 Å². The second-order valence-electron chi connectivity index (χ2n) is 7.08. The zero-order valence-electron chi connectivity index (χ0n) is 18.9. The van der Waals surface area contributed by atoms with Crippen molar-refractivity contribution in [2.45, 2.75) is 33.1 Å². The van der Waals surface area contributed by atoms with E-state index in [1.165, 1.54) is 7.11 Å². The topological polar surface area (TPSA) is 106 Å². The van der Waals surface area contributed by atoms with Gasteiger partial charge >= 0.3 is 6.36 Å². The molecule has 8 nitrogen and oxygen atoms in total. The number of nitrogens with zero attached hydrogens (tertiary/aromatic N) is 1. The zero-order chi connectivity index (χ0) is 25.5. The van der Waals surface area contributed by atoms with Crippen LogP contribution >= 0.6 is 0 Å². The summed E-state index contributed by atoms with van der Waals surface area (Å²) in [5.41, 5.74) is 0.0745. The van der Waals surface area contributed by atoms with Crippen molar-refractivity contribution >= 4 is 11.7 Å². The average molecular weight is 485 g/mol. The summed E-state index contributed by atoms with van der Waals surface area (Å²) >= 11 is 0. The Balaban J connectivity index is 2.48. The van der Waals surface area contributed by atoms with Gasteiger partial charge in [-0.25, -0.2) is 5.06 Å². The highest BCUT2D eigenvalue weighted by atomic mass is 19.4. The number of halogens is 3. The lowest BCUT2D eigenvalue weighted by molar-refractivity contribution is -0.274. The zero-order valence-corrected chi connectivity index (χ0v) is 18.9. The van der Waals surface area contributed by atoms with Crippen molar-refractivity contribution in [3.05, 3.63) is 52.6 Å². The summed E-state index contributed by atoms with van der Waals surface area (Å²) in [5.74, 6) is -2.67. The van der Waals surface area contributed by atoms with E-state index in [2.05, 4.69) is 4.74 Å². The summed E-state index contributed by atoms with van der Waals surface area (Å²) in [6.45, 7) is 3.88. The van der Waals surface area contributed by atoms with Crippen LogP contribution < -0.4 is 4.74 Å². The van der Waals surface area contributed by atoms with E-state index in [1.54, 1.807) is 13.8 Å². The van der Waals surface area contributed by atoms with E-state index in [4.69, 9.17) is 9.57 Å². The minimum atomic E-state index is -4.89. The van der Waals surface area contributed by atoms with Crippen molar-refractivity contribution in [3.8, 4) is 17.2 Å². The molecule has 0 aliphatic carbocycles. The number of hydrogen-bond acceptors (Lipinski definition) is 7. The molecule has 2 aromatic carbocycles. The fourth-order valence-corrected chi connectivity index (χ4v) is 3.37. The number of rotatable bonds is 11. The van der Waals surface area contributed by atoms with Gasteiger partial charge in [-0.1, -0.05) is 6.92 Å². The highest BCUT2D eigenvalue weighted by Gasteiger charge is 2.31. The van der Waals surface area contributed by atoms with Crippen molar-refractivity contribution in [2.24, 2.45) is 0 Å². The molecule has 0 atom stereocenters. The Morgan fingerprint density at radius 1 is 1.03 bits per heavy atom. The van der Waals surface area contributed by atoms with Crippen molar-refractivity contribution < 1.29 is 47.3 Å². The van der Waals surface area contributed by atoms with Gasteiger partial charge in [-0.3, -0.25) is 14.4 Å². The predicted octanol–water partition coefficient (Wildman–Crippen LogP) is 3.76. The number of carbonyl (C=O) groups excluding carboxylic acids is 2. The van der Waals surface area contributed by atoms with Gasteiger partial charge in [0, 0.05) is 18.7 Å². The first-order chi connectivity index (χ1) is 16.0. The number of hydroxylamine groups is 2. The minimum absolute atomic E-state index is 0.0488. The van der Waals surface area contributed by atoms with Crippen LogP contribution in [0.1, 0.15) is 40.9 Å². The van der Waals surface area contributed by atoms with Gasteiger partial charge in [0.1, 0.15) is 17.2 Å². The fraction of sp³-hybridized carbons (Fsp3) is 0.391. The largest absolute Gasteiger partial charge is 0.573 e. The molecule has 11 heteroatoms. The number of methoxy groups -OCH3 is 1. The Morgan fingerprint density at radius 2 is 1.68 bits per heavy atom. The van der Waals surface area contributed by atoms with E-state index in [0.29, 0.717) is 0 Å². The Morgan fingerprint density at radius 3 is 2.21 bits per heavy atom. The molecule has 1 amide bonds. The molecule has 2 aromatic rings.